The highest BCUT2D eigenvalue weighted by molar-refractivity contribution is 5.96. The van der Waals surface area contributed by atoms with Gasteiger partial charge in [0.25, 0.3) is 5.91 Å². The van der Waals surface area contributed by atoms with Crippen LogP contribution in [0.5, 0.6) is 0 Å². The molecular weight excluding hydrogens is 494 g/mol. The first-order valence-corrected chi connectivity index (χ1v) is 14.8. The lowest BCUT2D eigenvalue weighted by Gasteiger charge is -2.37. The number of aryl methyl sites for hydroxylation is 1. The Morgan fingerprint density at radius 3 is 2.42 bits per heavy atom. The molecule has 0 radical (unpaired) electrons. The summed E-state index contributed by atoms with van der Waals surface area (Å²) in [6.07, 6.45) is 4.57. The number of rotatable bonds is 10. The van der Waals surface area contributed by atoms with Crippen LogP contribution in [0.2, 0.25) is 0 Å². The largest absolute Gasteiger partial charge is 0.368 e. The van der Waals surface area contributed by atoms with Gasteiger partial charge in [-0.1, -0.05) is 48.0 Å². The summed E-state index contributed by atoms with van der Waals surface area (Å²) in [5.41, 5.74) is 6.91. The van der Waals surface area contributed by atoms with Gasteiger partial charge < -0.3 is 15.1 Å². The van der Waals surface area contributed by atoms with Crippen molar-refractivity contribution >= 4 is 11.6 Å². The topological polar surface area (TPSA) is 62.6 Å². The van der Waals surface area contributed by atoms with Crippen LogP contribution in [-0.4, -0.2) is 74.6 Å². The van der Waals surface area contributed by atoms with E-state index < -0.39 is 0 Å². The number of hydrogen-bond donors (Lipinski definition) is 1. The highest BCUT2D eigenvalue weighted by Gasteiger charge is 2.20. The number of nitriles is 1. The minimum absolute atomic E-state index is 0.112. The summed E-state index contributed by atoms with van der Waals surface area (Å²) in [6, 6.07) is 25.0. The number of carbonyl (C=O) groups is 1. The molecule has 3 aromatic carbocycles. The third-order valence-corrected chi connectivity index (χ3v) is 8.19. The van der Waals surface area contributed by atoms with E-state index in [4.69, 9.17) is 0 Å². The van der Waals surface area contributed by atoms with E-state index in [9.17, 15) is 10.1 Å². The third kappa shape index (κ3) is 7.29. The van der Waals surface area contributed by atoms with E-state index >= 15 is 0 Å². The van der Waals surface area contributed by atoms with Gasteiger partial charge in [-0.3, -0.25) is 9.69 Å². The van der Waals surface area contributed by atoms with Gasteiger partial charge in [-0.25, -0.2) is 0 Å². The summed E-state index contributed by atoms with van der Waals surface area (Å²) in [5.74, 6) is -0.112. The molecule has 2 saturated heterocycles. The average Bonchev–Trinajstić information content (AvgIpc) is 3.52. The maximum atomic E-state index is 13.0. The molecule has 2 aliphatic rings. The number of amides is 1. The molecule has 0 aromatic heterocycles. The molecule has 0 atom stereocenters. The molecule has 0 saturated carbocycles. The molecule has 0 aliphatic carbocycles. The fourth-order valence-electron chi connectivity index (χ4n) is 5.95. The lowest BCUT2D eigenvalue weighted by atomic mass is 9.97. The second-order valence-electron chi connectivity index (χ2n) is 11.2. The van der Waals surface area contributed by atoms with Crippen molar-refractivity contribution in [1.82, 2.24) is 15.1 Å². The Labute approximate surface area is 239 Å². The van der Waals surface area contributed by atoms with E-state index in [0.29, 0.717) is 17.7 Å². The van der Waals surface area contributed by atoms with Crippen molar-refractivity contribution in [2.75, 3.05) is 63.8 Å². The van der Waals surface area contributed by atoms with Gasteiger partial charge in [0.15, 0.2) is 0 Å². The van der Waals surface area contributed by atoms with Crippen molar-refractivity contribution < 1.29 is 4.79 Å². The molecule has 0 bridgehead atoms. The minimum Gasteiger partial charge on any atom is -0.368 e. The normalized spacial score (nSPS) is 16.1. The maximum absolute atomic E-state index is 13.0. The van der Waals surface area contributed by atoms with Crippen LogP contribution in [0.4, 0.5) is 5.69 Å². The molecule has 40 heavy (non-hydrogen) atoms. The molecule has 6 heteroatoms. The summed E-state index contributed by atoms with van der Waals surface area (Å²) in [6.45, 7) is 11.2. The average molecular weight is 536 g/mol. The SMILES string of the molecule is Cc1cccc(CCN2CCN(c3ccccc3-c3cc(C#N)cc(C(=O)NCCCN4CCCC4)c3)CC2)c1. The number of likely N-dealkylation sites (tertiary alicyclic amines) is 1. The van der Waals surface area contributed by atoms with Crippen molar-refractivity contribution in [1.29, 1.82) is 5.26 Å². The Balaban J connectivity index is 1.23. The van der Waals surface area contributed by atoms with Crippen LogP contribution in [0.1, 0.15) is 46.3 Å². The first kappa shape index (κ1) is 27.9. The molecule has 2 aliphatic heterocycles. The Kier molecular flexibility index (Phi) is 9.49. The monoisotopic (exact) mass is 535 g/mol. The summed E-state index contributed by atoms with van der Waals surface area (Å²) in [5, 5.41) is 12.8. The lowest BCUT2D eigenvalue weighted by Crippen LogP contribution is -2.47. The van der Waals surface area contributed by atoms with Gasteiger partial charge in [0.2, 0.25) is 0 Å². The number of nitrogens with one attached hydrogen (secondary N) is 1. The van der Waals surface area contributed by atoms with Crippen molar-refractivity contribution in [2.45, 2.75) is 32.6 Å². The number of anilines is 1. The van der Waals surface area contributed by atoms with Gasteiger partial charge in [-0.05, 0) is 87.6 Å². The second kappa shape index (κ2) is 13.6. The van der Waals surface area contributed by atoms with Crippen molar-refractivity contribution in [3.05, 3.63) is 89.0 Å². The molecular formula is C34H41N5O. The van der Waals surface area contributed by atoms with Crippen LogP contribution in [0, 0.1) is 18.3 Å². The molecule has 0 spiro atoms. The van der Waals surface area contributed by atoms with Gasteiger partial charge in [-0.15, -0.1) is 0 Å². The molecule has 5 rings (SSSR count). The van der Waals surface area contributed by atoms with Crippen molar-refractivity contribution in [3.8, 4) is 17.2 Å². The number of para-hydroxylation sites is 1. The van der Waals surface area contributed by atoms with Gasteiger partial charge >= 0.3 is 0 Å². The smallest absolute Gasteiger partial charge is 0.251 e. The Hall–Kier alpha value is -3.66. The second-order valence-corrected chi connectivity index (χ2v) is 11.2. The quantitative estimate of drug-likeness (QED) is 0.366. The predicted molar refractivity (Wildman–Crippen MR) is 163 cm³/mol. The van der Waals surface area contributed by atoms with Gasteiger partial charge in [-0.2, -0.15) is 5.26 Å². The standard InChI is InChI=1S/C34H41N5O/c1-27-8-6-9-28(22-27)12-17-38-18-20-39(21-19-38)33-11-3-2-10-32(33)30-23-29(26-35)24-31(25-30)34(40)36-13-7-16-37-14-4-5-15-37/h2-3,6,8-11,22-25H,4-5,7,12-21H2,1H3,(H,36,40). The van der Waals surface area contributed by atoms with E-state index in [1.165, 1.54) is 37.1 Å². The zero-order valence-corrected chi connectivity index (χ0v) is 23.7. The van der Waals surface area contributed by atoms with E-state index in [2.05, 4.69) is 75.5 Å². The van der Waals surface area contributed by atoms with E-state index in [-0.39, 0.29) is 5.91 Å². The van der Waals surface area contributed by atoms with Crippen molar-refractivity contribution in [3.63, 3.8) is 0 Å². The minimum atomic E-state index is -0.112. The number of piperazine rings is 1. The summed E-state index contributed by atoms with van der Waals surface area (Å²) in [4.78, 5) is 20.5. The Morgan fingerprint density at radius 2 is 1.65 bits per heavy atom. The first-order chi connectivity index (χ1) is 19.6. The summed E-state index contributed by atoms with van der Waals surface area (Å²) >= 11 is 0. The molecule has 0 unspecified atom stereocenters. The molecule has 1 amide bonds. The van der Waals surface area contributed by atoms with E-state index in [0.717, 1.165) is 68.9 Å². The predicted octanol–water partition coefficient (Wildman–Crippen LogP) is 5.11. The zero-order chi connectivity index (χ0) is 27.7. The number of carbonyl (C=O) groups excluding carboxylic acids is 1. The van der Waals surface area contributed by atoms with Crippen LogP contribution in [-0.2, 0) is 6.42 Å². The summed E-state index contributed by atoms with van der Waals surface area (Å²) < 4.78 is 0. The van der Waals surface area contributed by atoms with Crippen molar-refractivity contribution in [2.24, 2.45) is 0 Å². The molecule has 6 nitrogen and oxygen atoms in total. The Bertz CT molecular complexity index is 1330. The van der Waals surface area contributed by atoms with Crippen LogP contribution >= 0.6 is 0 Å². The van der Waals surface area contributed by atoms with Crippen LogP contribution in [0.25, 0.3) is 11.1 Å². The molecule has 208 valence electrons. The summed E-state index contributed by atoms with van der Waals surface area (Å²) in [7, 11) is 0. The van der Waals surface area contributed by atoms with E-state index in [1.54, 1.807) is 6.07 Å². The third-order valence-electron chi connectivity index (χ3n) is 8.19. The van der Waals surface area contributed by atoms with Crippen LogP contribution < -0.4 is 10.2 Å². The van der Waals surface area contributed by atoms with Crippen LogP contribution in [0.3, 0.4) is 0 Å². The molecule has 2 heterocycles. The number of hydrogen-bond acceptors (Lipinski definition) is 5. The van der Waals surface area contributed by atoms with E-state index in [1.807, 2.05) is 18.2 Å². The Morgan fingerprint density at radius 1 is 0.875 bits per heavy atom. The van der Waals surface area contributed by atoms with Gasteiger partial charge in [0.1, 0.15) is 0 Å². The fraction of sp³-hybridized carbons (Fsp3) is 0.412. The maximum Gasteiger partial charge on any atom is 0.251 e. The number of nitrogens with zero attached hydrogens (tertiary/aromatic N) is 4. The molecule has 1 N–H and O–H groups in total. The highest BCUT2D eigenvalue weighted by Crippen LogP contribution is 2.33. The fourth-order valence-corrected chi connectivity index (χ4v) is 5.95. The first-order valence-electron chi connectivity index (χ1n) is 14.8. The zero-order valence-electron chi connectivity index (χ0n) is 23.7. The molecule has 2 fully saturated rings. The van der Waals surface area contributed by atoms with Crippen LogP contribution in [0.15, 0.2) is 66.7 Å². The highest BCUT2D eigenvalue weighted by atomic mass is 16.1. The van der Waals surface area contributed by atoms with Gasteiger partial charge in [0, 0.05) is 56.1 Å². The number of benzene rings is 3. The molecule has 3 aromatic rings. The van der Waals surface area contributed by atoms with Gasteiger partial charge in [0.05, 0.1) is 11.6 Å². The lowest BCUT2D eigenvalue weighted by molar-refractivity contribution is 0.0952.